The van der Waals surface area contributed by atoms with Crippen LogP contribution in [0.2, 0.25) is 0 Å². The van der Waals surface area contributed by atoms with Gasteiger partial charge in [-0.05, 0) is 44.2 Å². The molecule has 2 rings (SSSR count). The van der Waals surface area contributed by atoms with Gasteiger partial charge < -0.3 is 14.8 Å². The molecule has 0 saturated heterocycles. The minimum Gasteiger partial charge on any atom is -0.479 e. The Labute approximate surface area is 154 Å². The topological polar surface area (TPSA) is 108 Å². The molecule has 0 aliphatic heterocycles. The minimum absolute atomic E-state index is 0.00832. The smallest absolute Gasteiger partial charge is 0.347 e. The Bertz CT molecular complexity index is 840. The van der Waals surface area contributed by atoms with E-state index >= 15 is 0 Å². The number of hydrogen-bond acceptors (Lipinski definition) is 6. The molecule has 2 atom stereocenters. The summed E-state index contributed by atoms with van der Waals surface area (Å²) in [6.45, 7) is 2.74. The molecule has 2 aromatic rings. The molecule has 0 spiro atoms. The second-order valence-corrected chi connectivity index (χ2v) is 5.56. The summed E-state index contributed by atoms with van der Waals surface area (Å²) in [6, 6.07) is 10.7. The van der Waals surface area contributed by atoms with Crippen LogP contribution in [0.4, 0.5) is 15.8 Å². The Balaban J connectivity index is 1.94. The van der Waals surface area contributed by atoms with Gasteiger partial charge in [0.25, 0.3) is 11.6 Å². The Morgan fingerprint density at radius 2 is 1.70 bits per heavy atom. The van der Waals surface area contributed by atoms with E-state index in [-0.39, 0.29) is 17.1 Å². The van der Waals surface area contributed by atoms with Crippen LogP contribution < -0.4 is 10.1 Å². The first-order valence-electron chi connectivity index (χ1n) is 7.95. The first kappa shape index (κ1) is 19.8. The highest BCUT2D eigenvalue weighted by Gasteiger charge is 2.25. The third-order valence-electron chi connectivity index (χ3n) is 3.48. The van der Waals surface area contributed by atoms with Gasteiger partial charge in [0.15, 0.2) is 12.2 Å². The van der Waals surface area contributed by atoms with Crippen LogP contribution in [0.15, 0.2) is 48.5 Å². The van der Waals surface area contributed by atoms with E-state index in [0.29, 0.717) is 0 Å². The monoisotopic (exact) mass is 376 g/mol. The number of benzene rings is 2. The number of rotatable bonds is 7. The van der Waals surface area contributed by atoms with Crippen molar-refractivity contribution in [2.24, 2.45) is 0 Å². The molecule has 0 heterocycles. The van der Waals surface area contributed by atoms with Crippen molar-refractivity contribution in [3.05, 3.63) is 64.5 Å². The number of carbonyl (C=O) groups is 2. The summed E-state index contributed by atoms with van der Waals surface area (Å²) >= 11 is 0. The van der Waals surface area contributed by atoms with Crippen LogP contribution in [-0.4, -0.2) is 29.0 Å². The third kappa shape index (κ3) is 5.50. The normalized spacial score (nSPS) is 12.6. The molecule has 0 bridgehead atoms. The quantitative estimate of drug-likeness (QED) is 0.452. The van der Waals surface area contributed by atoms with Gasteiger partial charge in [-0.1, -0.05) is 12.1 Å². The third-order valence-corrected chi connectivity index (χ3v) is 3.48. The van der Waals surface area contributed by atoms with Gasteiger partial charge in [0.05, 0.1) is 4.92 Å². The lowest BCUT2D eigenvalue weighted by Gasteiger charge is -2.17. The predicted molar refractivity (Wildman–Crippen MR) is 93.8 cm³/mol. The van der Waals surface area contributed by atoms with Crippen molar-refractivity contribution in [1.29, 1.82) is 0 Å². The van der Waals surface area contributed by atoms with Gasteiger partial charge in [-0.2, -0.15) is 0 Å². The zero-order valence-electron chi connectivity index (χ0n) is 14.5. The van der Waals surface area contributed by atoms with Crippen LogP contribution in [0.5, 0.6) is 5.75 Å². The number of nitrogens with one attached hydrogen (secondary N) is 1. The van der Waals surface area contributed by atoms with Crippen molar-refractivity contribution >= 4 is 23.3 Å². The van der Waals surface area contributed by atoms with Crippen molar-refractivity contribution in [1.82, 2.24) is 0 Å². The molecule has 0 radical (unpaired) electrons. The summed E-state index contributed by atoms with van der Waals surface area (Å²) in [5.74, 6) is -1.73. The fourth-order valence-corrected chi connectivity index (χ4v) is 2.06. The Morgan fingerprint density at radius 1 is 1.07 bits per heavy atom. The largest absolute Gasteiger partial charge is 0.479 e. The lowest BCUT2D eigenvalue weighted by Crippen LogP contribution is -2.35. The first-order valence-corrected chi connectivity index (χ1v) is 7.95. The molecule has 142 valence electrons. The molecule has 9 heteroatoms. The molecule has 0 aliphatic rings. The predicted octanol–water partition coefficient (Wildman–Crippen LogP) is 3.07. The highest BCUT2D eigenvalue weighted by atomic mass is 19.1. The molecular weight excluding hydrogens is 359 g/mol. The summed E-state index contributed by atoms with van der Waals surface area (Å²) in [7, 11) is 0. The summed E-state index contributed by atoms with van der Waals surface area (Å²) in [4.78, 5) is 34.5. The molecule has 1 N–H and O–H groups in total. The maximum Gasteiger partial charge on any atom is 0.347 e. The van der Waals surface area contributed by atoms with Crippen molar-refractivity contribution < 1.29 is 28.4 Å². The number of carbonyl (C=O) groups excluding carboxylic acids is 2. The van der Waals surface area contributed by atoms with Gasteiger partial charge >= 0.3 is 5.97 Å². The van der Waals surface area contributed by atoms with E-state index in [9.17, 15) is 24.1 Å². The van der Waals surface area contributed by atoms with Crippen LogP contribution in [0.1, 0.15) is 13.8 Å². The van der Waals surface area contributed by atoms with E-state index in [1.165, 1.54) is 62.4 Å². The van der Waals surface area contributed by atoms with E-state index in [4.69, 9.17) is 9.47 Å². The molecule has 0 unspecified atom stereocenters. The zero-order valence-corrected chi connectivity index (χ0v) is 14.5. The maximum atomic E-state index is 12.9. The summed E-state index contributed by atoms with van der Waals surface area (Å²) < 4.78 is 23.2. The molecule has 0 saturated carbocycles. The molecule has 1 amide bonds. The average Bonchev–Trinajstić information content (AvgIpc) is 2.63. The fourth-order valence-electron chi connectivity index (χ4n) is 2.06. The van der Waals surface area contributed by atoms with Gasteiger partial charge in [-0.25, -0.2) is 9.18 Å². The van der Waals surface area contributed by atoms with E-state index in [0.717, 1.165) is 0 Å². The summed E-state index contributed by atoms with van der Waals surface area (Å²) in [6.07, 6.45) is -2.26. The number of nitro benzene ring substituents is 1. The Morgan fingerprint density at radius 3 is 2.33 bits per heavy atom. The zero-order chi connectivity index (χ0) is 20.0. The van der Waals surface area contributed by atoms with Crippen LogP contribution >= 0.6 is 0 Å². The van der Waals surface area contributed by atoms with Crippen molar-refractivity contribution in [3.63, 3.8) is 0 Å². The fraction of sp³-hybridized carbons (Fsp3) is 0.222. The number of nitrogens with zero attached hydrogens (tertiary/aromatic N) is 1. The highest BCUT2D eigenvalue weighted by molar-refractivity contribution is 5.97. The molecule has 0 fully saturated rings. The molecule has 0 aliphatic carbocycles. The first-order chi connectivity index (χ1) is 12.8. The average molecular weight is 376 g/mol. The van der Waals surface area contributed by atoms with Gasteiger partial charge in [-0.15, -0.1) is 0 Å². The molecular formula is C18H17FN2O6. The standard InChI is InChI=1S/C18H17FN2O6/c1-11(17(22)20-15-5-3-4-6-16(15)21(24)25)27-18(23)12(2)26-14-9-7-13(19)8-10-14/h3-12H,1-2H3,(H,20,22)/t11-,12+/m0/s1. The van der Waals surface area contributed by atoms with Crippen molar-refractivity contribution in [2.75, 3.05) is 5.32 Å². The van der Waals surface area contributed by atoms with Crippen LogP contribution in [0.25, 0.3) is 0 Å². The van der Waals surface area contributed by atoms with Gasteiger partial charge in [0.2, 0.25) is 0 Å². The van der Waals surface area contributed by atoms with Crippen LogP contribution in [-0.2, 0) is 14.3 Å². The number of amides is 1. The van der Waals surface area contributed by atoms with Crippen LogP contribution in [0, 0.1) is 15.9 Å². The number of esters is 1. The van der Waals surface area contributed by atoms with E-state index in [1.807, 2.05) is 0 Å². The lowest BCUT2D eigenvalue weighted by atomic mass is 10.2. The molecule has 2 aromatic carbocycles. The lowest BCUT2D eigenvalue weighted by molar-refractivity contribution is -0.383. The molecule has 8 nitrogen and oxygen atoms in total. The second-order valence-electron chi connectivity index (χ2n) is 5.56. The Hall–Kier alpha value is -3.49. The van der Waals surface area contributed by atoms with Crippen LogP contribution in [0.3, 0.4) is 0 Å². The van der Waals surface area contributed by atoms with Gasteiger partial charge in [-0.3, -0.25) is 14.9 Å². The molecule has 27 heavy (non-hydrogen) atoms. The minimum atomic E-state index is -1.21. The van der Waals surface area contributed by atoms with Gasteiger partial charge in [0, 0.05) is 6.07 Å². The van der Waals surface area contributed by atoms with Gasteiger partial charge in [0.1, 0.15) is 17.3 Å². The number of nitro groups is 1. The Kier molecular flexibility index (Phi) is 6.42. The number of ether oxygens (including phenoxy) is 2. The maximum absolute atomic E-state index is 12.9. The SMILES string of the molecule is C[C@H](OC(=O)[C@@H](C)Oc1ccc(F)cc1)C(=O)Nc1ccccc1[N+](=O)[O-]. The summed E-state index contributed by atoms with van der Waals surface area (Å²) in [5.41, 5.74) is -0.289. The highest BCUT2D eigenvalue weighted by Crippen LogP contribution is 2.23. The number of halogens is 1. The van der Waals surface area contributed by atoms with E-state index < -0.39 is 34.8 Å². The number of hydrogen-bond donors (Lipinski definition) is 1. The summed E-state index contributed by atoms with van der Waals surface area (Å²) in [5, 5.41) is 13.3. The van der Waals surface area contributed by atoms with E-state index in [2.05, 4.69) is 5.32 Å². The van der Waals surface area contributed by atoms with E-state index in [1.54, 1.807) is 0 Å². The molecule has 0 aromatic heterocycles. The second kappa shape index (κ2) is 8.75. The number of anilines is 1. The van der Waals surface area contributed by atoms with Crippen molar-refractivity contribution in [3.8, 4) is 5.75 Å². The van der Waals surface area contributed by atoms with Crippen molar-refractivity contribution in [2.45, 2.75) is 26.1 Å². The number of para-hydroxylation sites is 2.